The van der Waals surface area contributed by atoms with Gasteiger partial charge in [-0.25, -0.2) is 0 Å². The number of hydrogen-bond acceptors (Lipinski definition) is 8. The Hall–Kier alpha value is -3.57. The molecule has 4 rings (SSSR count). The summed E-state index contributed by atoms with van der Waals surface area (Å²) in [6.45, 7) is 1.10. The van der Waals surface area contributed by atoms with Gasteiger partial charge in [0.1, 0.15) is 13.2 Å². The highest BCUT2D eigenvalue weighted by Gasteiger charge is 2.37. The standard InChI is InChI=1S/C24H22ClN3O7S/c1-34-19-11-16(10-18(25)22(19)35-14-15-4-6-17(7-5-15)28(32)33)12-20-23(30)27(24(31)36-20)13-21(29)26-8-2-3-9-26/h4-7,10-12H,2-3,8-9,13-14H2,1H3/b20-12+. The van der Waals surface area contributed by atoms with E-state index < -0.39 is 16.1 Å². The lowest BCUT2D eigenvalue weighted by atomic mass is 10.1. The molecule has 2 saturated heterocycles. The number of carbonyl (C=O) groups is 3. The van der Waals surface area contributed by atoms with Crippen LogP contribution in [0.2, 0.25) is 5.02 Å². The van der Waals surface area contributed by atoms with Crippen molar-refractivity contribution >= 4 is 52.2 Å². The maximum Gasteiger partial charge on any atom is 0.294 e. The van der Waals surface area contributed by atoms with Crippen LogP contribution in [-0.2, 0) is 16.2 Å². The molecule has 0 unspecified atom stereocenters. The Labute approximate surface area is 215 Å². The molecule has 0 saturated carbocycles. The molecule has 2 aliphatic heterocycles. The van der Waals surface area contributed by atoms with Crippen molar-refractivity contribution in [3.8, 4) is 11.5 Å². The number of imide groups is 1. The Kier molecular flexibility index (Phi) is 7.80. The number of thioether (sulfide) groups is 1. The Balaban J connectivity index is 1.47. The number of nitro benzene ring substituents is 1. The summed E-state index contributed by atoms with van der Waals surface area (Å²) in [5.74, 6) is -0.209. The zero-order valence-corrected chi connectivity index (χ0v) is 20.8. The van der Waals surface area contributed by atoms with Crippen LogP contribution in [0.25, 0.3) is 6.08 Å². The van der Waals surface area contributed by atoms with E-state index >= 15 is 0 Å². The van der Waals surface area contributed by atoms with Gasteiger partial charge in [0.05, 0.1) is 22.0 Å². The molecule has 2 aliphatic rings. The van der Waals surface area contributed by atoms with Gasteiger partial charge in [0.25, 0.3) is 16.8 Å². The molecule has 0 spiro atoms. The number of halogens is 1. The van der Waals surface area contributed by atoms with Crippen LogP contribution in [0.1, 0.15) is 24.0 Å². The molecule has 3 amide bonds. The maximum atomic E-state index is 12.8. The van der Waals surface area contributed by atoms with Gasteiger partial charge in [-0.05, 0) is 66.1 Å². The molecular formula is C24H22ClN3O7S. The zero-order valence-electron chi connectivity index (χ0n) is 19.3. The number of benzene rings is 2. The second kappa shape index (κ2) is 11.0. The minimum atomic E-state index is -0.536. The molecule has 0 atom stereocenters. The number of ether oxygens (including phenoxy) is 2. The van der Waals surface area contributed by atoms with Crippen molar-refractivity contribution in [2.75, 3.05) is 26.7 Å². The van der Waals surface area contributed by atoms with E-state index in [2.05, 4.69) is 0 Å². The van der Waals surface area contributed by atoms with Gasteiger partial charge >= 0.3 is 0 Å². The van der Waals surface area contributed by atoms with E-state index in [1.54, 1.807) is 29.2 Å². The minimum Gasteiger partial charge on any atom is -0.493 e. The predicted molar refractivity (Wildman–Crippen MR) is 134 cm³/mol. The van der Waals surface area contributed by atoms with Crippen molar-refractivity contribution in [3.63, 3.8) is 0 Å². The second-order valence-corrected chi connectivity index (χ2v) is 9.50. The molecule has 10 nitrogen and oxygen atoms in total. The van der Waals surface area contributed by atoms with Crippen molar-refractivity contribution in [3.05, 3.63) is 67.6 Å². The topological polar surface area (TPSA) is 119 Å². The average molecular weight is 532 g/mol. The van der Waals surface area contributed by atoms with Crippen LogP contribution in [0, 0.1) is 10.1 Å². The van der Waals surface area contributed by atoms with Crippen LogP contribution in [0.15, 0.2) is 41.3 Å². The van der Waals surface area contributed by atoms with Crippen LogP contribution >= 0.6 is 23.4 Å². The number of nitro groups is 1. The normalized spacial score (nSPS) is 16.7. The van der Waals surface area contributed by atoms with E-state index in [4.69, 9.17) is 21.1 Å². The number of non-ortho nitro benzene ring substituents is 1. The number of likely N-dealkylation sites (tertiary alicyclic amines) is 1. The fraction of sp³-hybridized carbons (Fsp3) is 0.292. The number of hydrogen-bond donors (Lipinski definition) is 0. The van der Waals surface area contributed by atoms with Gasteiger partial charge in [-0.1, -0.05) is 11.6 Å². The highest BCUT2D eigenvalue weighted by Crippen LogP contribution is 2.39. The van der Waals surface area contributed by atoms with E-state index in [0.717, 1.165) is 29.5 Å². The number of carbonyl (C=O) groups excluding carboxylic acids is 3. The molecule has 0 N–H and O–H groups in total. The number of nitrogens with zero attached hydrogens (tertiary/aromatic N) is 3. The number of rotatable bonds is 8. The van der Waals surface area contributed by atoms with Crippen LogP contribution < -0.4 is 9.47 Å². The number of amides is 3. The summed E-state index contributed by atoms with van der Waals surface area (Å²) in [5, 5.41) is 10.5. The van der Waals surface area contributed by atoms with Crippen LogP contribution in [0.3, 0.4) is 0 Å². The summed E-state index contributed by atoms with van der Waals surface area (Å²) in [7, 11) is 1.44. The number of methoxy groups -OCH3 is 1. The van der Waals surface area contributed by atoms with Crippen molar-refractivity contribution in [1.82, 2.24) is 9.80 Å². The van der Waals surface area contributed by atoms with Gasteiger partial charge in [-0.3, -0.25) is 29.4 Å². The summed E-state index contributed by atoms with van der Waals surface area (Å²) in [6, 6.07) is 9.10. The van der Waals surface area contributed by atoms with E-state index in [0.29, 0.717) is 30.0 Å². The SMILES string of the molecule is COc1cc(/C=C2/SC(=O)N(CC(=O)N3CCCC3)C2=O)cc(Cl)c1OCc1ccc([N+](=O)[O-])cc1. The van der Waals surface area contributed by atoms with Crippen molar-refractivity contribution in [2.45, 2.75) is 19.4 Å². The first-order valence-electron chi connectivity index (χ1n) is 11.0. The zero-order chi connectivity index (χ0) is 25.8. The smallest absolute Gasteiger partial charge is 0.294 e. The third-order valence-electron chi connectivity index (χ3n) is 5.71. The Morgan fingerprint density at radius 1 is 1.19 bits per heavy atom. The second-order valence-electron chi connectivity index (χ2n) is 8.10. The Bertz CT molecular complexity index is 1240. The Morgan fingerprint density at radius 3 is 2.53 bits per heavy atom. The quantitative estimate of drug-likeness (QED) is 0.277. The largest absolute Gasteiger partial charge is 0.493 e. The maximum absolute atomic E-state index is 12.8. The van der Waals surface area contributed by atoms with E-state index in [1.165, 1.54) is 25.3 Å². The van der Waals surface area contributed by atoms with Gasteiger partial charge in [0, 0.05) is 25.2 Å². The van der Waals surface area contributed by atoms with Crippen molar-refractivity contribution in [1.29, 1.82) is 0 Å². The lowest BCUT2D eigenvalue weighted by Gasteiger charge is -2.18. The third kappa shape index (κ3) is 5.63. The van der Waals surface area contributed by atoms with Crippen molar-refractivity contribution < 1.29 is 28.8 Å². The van der Waals surface area contributed by atoms with Gasteiger partial charge in [-0.2, -0.15) is 0 Å². The van der Waals surface area contributed by atoms with Gasteiger partial charge in [0.15, 0.2) is 11.5 Å². The van der Waals surface area contributed by atoms with Crippen LogP contribution in [0.5, 0.6) is 11.5 Å². The third-order valence-corrected chi connectivity index (χ3v) is 6.89. The summed E-state index contributed by atoms with van der Waals surface area (Å²) in [4.78, 5) is 50.7. The lowest BCUT2D eigenvalue weighted by molar-refractivity contribution is -0.384. The Morgan fingerprint density at radius 2 is 1.89 bits per heavy atom. The average Bonchev–Trinajstić information content (AvgIpc) is 3.48. The molecule has 0 bridgehead atoms. The fourth-order valence-corrected chi connectivity index (χ4v) is 4.93. The molecule has 0 aliphatic carbocycles. The first kappa shape index (κ1) is 25.5. The molecule has 0 aromatic heterocycles. The summed E-state index contributed by atoms with van der Waals surface area (Å²) >= 11 is 7.18. The first-order chi connectivity index (χ1) is 17.3. The van der Waals surface area contributed by atoms with Crippen molar-refractivity contribution in [2.24, 2.45) is 0 Å². The highest BCUT2D eigenvalue weighted by molar-refractivity contribution is 8.18. The molecule has 0 radical (unpaired) electrons. The highest BCUT2D eigenvalue weighted by atomic mass is 35.5. The van der Waals surface area contributed by atoms with Gasteiger partial charge < -0.3 is 14.4 Å². The summed E-state index contributed by atoms with van der Waals surface area (Å²) in [6.07, 6.45) is 3.35. The summed E-state index contributed by atoms with van der Waals surface area (Å²) < 4.78 is 11.2. The molecule has 12 heteroatoms. The molecule has 2 heterocycles. The molecule has 2 aromatic rings. The fourth-order valence-electron chi connectivity index (χ4n) is 3.82. The monoisotopic (exact) mass is 531 g/mol. The minimum absolute atomic E-state index is 0.0245. The van der Waals surface area contributed by atoms with E-state index in [-0.39, 0.29) is 40.4 Å². The van der Waals surface area contributed by atoms with Crippen LogP contribution in [0.4, 0.5) is 10.5 Å². The van der Waals surface area contributed by atoms with Gasteiger partial charge in [0.2, 0.25) is 5.91 Å². The lowest BCUT2D eigenvalue weighted by Crippen LogP contribution is -2.40. The first-order valence-corrected chi connectivity index (χ1v) is 12.2. The van der Waals surface area contributed by atoms with Gasteiger partial charge in [-0.15, -0.1) is 0 Å². The molecule has 2 aromatic carbocycles. The summed E-state index contributed by atoms with van der Waals surface area (Å²) in [5.41, 5.74) is 1.18. The molecule has 188 valence electrons. The molecular weight excluding hydrogens is 510 g/mol. The predicted octanol–water partition coefficient (Wildman–Crippen LogP) is 4.49. The van der Waals surface area contributed by atoms with Crippen LogP contribution in [-0.4, -0.2) is 58.5 Å². The molecule has 2 fully saturated rings. The molecule has 36 heavy (non-hydrogen) atoms. The van der Waals surface area contributed by atoms with E-state index in [9.17, 15) is 24.5 Å². The van der Waals surface area contributed by atoms with E-state index in [1.807, 2.05) is 0 Å².